The van der Waals surface area contributed by atoms with Gasteiger partial charge in [-0.3, -0.25) is 24.3 Å². The zero-order valence-electron chi connectivity index (χ0n) is 21.0. The molecule has 0 saturated carbocycles. The standard InChI is InChI=1S/C29H29N3O4/c1-17-8-9-20(29(3,4)5)15-23(17)26(34)24-25(19-7-6-14-30-16-19)32(28(36)27(24)35)22-12-10-21(11-13-22)31-18(2)33/h6-16,25,34H,1-5H3,(H,31,33)/b26-24+. The van der Waals surface area contributed by atoms with Gasteiger partial charge < -0.3 is 10.4 Å². The molecule has 1 unspecified atom stereocenters. The molecule has 2 aromatic carbocycles. The highest BCUT2D eigenvalue weighted by molar-refractivity contribution is 6.51. The van der Waals surface area contributed by atoms with Crippen LogP contribution < -0.4 is 10.2 Å². The van der Waals surface area contributed by atoms with Crippen molar-refractivity contribution >= 4 is 34.7 Å². The van der Waals surface area contributed by atoms with Crippen molar-refractivity contribution in [1.29, 1.82) is 0 Å². The number of ketones is 1. The average Bonchev–Trinajstić information content (AvgIpc) is 3.09. The Morgan fingerprint density at radius 1 is 1.06 bits per heavy atom. The van der Waals surface area contributed by atoms with Gasteiger partial charge in [0.25, 0.3) is 11.7 Å². The Bertz CT molecular complexity index is 1370. The molecule has 0 spiro atoms. The molecule has 2 N–H and O–H groups in total. The van der Waals surface area contributed by atoms with E-state index in [1.54, 1.807) is 48.8 Å². The second-order valence-electron chi connectivity index (χ2n) is 9.96. The van der Waals surface area contributed by atoms with Crippen molar-refractivity contribution in [2.45, 2.75) is 46.1 Å². The largest absolute Gasteiger partial charge is 0.507 e. The molecule has 2 amide bonds. The zero-order valence-corrected chi connectivity index (χ0v) is 21.0. The number of nitrogens with one attached hydrogen (secondary N) is 1. The van der Waals surface area contributed by atoms with Crippen LogP contribution in [0.2, 0.25) is 0 Å². The first-order chi connectivity index (χ1) is 17.0. The summed E-state index contributed by atoms with van der Waals surface area (Å²) in [5.41, 5.74) is 3.74. The summed E-state index contributed by atoms with van der Waals surface area (Å²) in [7, 11) is 0. The Balaban J connectivity index is 1.90. The van der Waals surface area contributed by atoms with Gasteiger partial charge in [0.2, 0.25) is 5.91 Å². The van der Waals surface area contributed by atoms with Crippen LogP contribution in [-0.2, 0) is 19.8 Å². The number of carbonyl (C=O) groups is 3. The van der Waals surface area contributed by atoms with E-state index in [9.17, 15) is 19.5 Å². The lowest BCUT2D eigenvalue weighted by Crippen LogP contribution is -2.29. The molecular weight excluding hydrogens is 454 g/mol. The van der Waals surface area contributed by atoms with Crippen molar-refractivity contribution < 1.29 is 19.5 Å². The third-order valence-electron chi connectivity index (χ3n) is 6.27. The maximum absolute atomic E-state index is 13.4. The fourth-order valence-electron chi connectivity index (χ4n) is 4.35. The van der Waals surface area contributed by atoms with E-state index in [1.165, 1.54) is 11.8 Å². The number of Topliss-reactive ketones (excluding diaryl/α,β-unsaturated/α-hetero) is 1. The number of amides is 2. The maximum atomic E-state index is 13.4. The number of benzene rings is 2. The molecule has 1 fully saturated rings. The van der Waals surface area contributed by atoms with Gasteiger partial charge in [0.05, 0.1) is 11.6 Å². The van der Waals surface area contributed by atoms with Crippen molar-refractivity contribution in [3.8, 4) is 0 Å². The molecule has 4 rings (SSSR count). The van der Waals surface area contributed by atoms with Gasteiger partial charge in [-0.15, -0.1) is 0 Å². The summed E-state index contributed by atoms with van der Waals surface area (Å²) < 4.78 is 0. The molecule has 2 heterocycles. The molecule has 184 valence electrons. The lowest BCUT2D eigenvalue weighted by atomic mass is 9.84. The molecule has 1 aliphatic heterocycles. The van der Waals surface area contributed by atoms with Crippen molar-refractivity contribution in [2.24, 2.45) is 0 Å². The van der Waals surface area contributed by atoms with E-state index >= 15 is 0 Å². The Labute approximate surface area is 210 Å². The van der Waals surface area contributed by atoms with Crippen LogP contribution in [-0.4, -0.2) is 27.7 Å². The smallest absolute Gasteiger partial charge is 0.300 e. The molecule has 7 heteroatoms. The minimum atomic E-state index is -0.872. The van der Waals surface area contributed by atoms with E-state index in [0.717, 1.165) is 11.1 Å². The number of pyridine rings is 1. The van der Waals surface area contributed by atoms with E-state index in [1.807, 2.05) is 25.1 Å². The summed E-state index contributed by atoms with van der Waals surface area (Å²) >= 11 is 0. The number of carbonyl (C=O) groups excluding carboxylic acids is 3. The SMILES string of the molecule is CC(=O)Nc1ccc(N2C(=O)C(=O)/C(=C(/O)c3cc(C(C)(C)C)ccc3C)C2c2cccnc2)cc1. The summed E-state index contributed by atoms with van der Waals surface area (Å²) in [6.07, 6.45) is 3.19. The quantitative estimate of drug-likeness (QED) is 0.299. The highest BCUT2D eigenvalue weighted by Gasteiger charge is 2.47. The molecule has 1 saturated heterocycles. The Morgan fingerprint density at radius 3 is 2.33 bits per heavy atom. The fraction of sp³-hybridized carbons (Fsp3) is 0.241. The van der Waals surface area contributed by atoms with Crippen molar-refractivity contribution in [1.82, 2.24) is 4.98 Å². The number of anilines is 2. The van der Waals surface area contributed by atoms with E-state index in [2.05, 4.69) is 31.1 Å². The Morgan fingerprint density at radius 2 is 1.75 bits per heavy atom. The summed E-state index contributed by atoms with van der Waals surface area (Å²) in [4.78, 5) is 43.7. The molecular formula is C29H29N3O4. The van der Waals surface area contributed by atoms with E-state index in [4.69, 9.17) is 0 Å². The monoisotopic (exact) mass is 483 g/mol. The zero-order chi connectivity index (χ0) is 26.2. The third-order valence-corrected chi connectivity index (χ3v) is 6.27. The number of aliphatic hydroxyl groups is 1. The molecule has 36 heavy (non-hydrogen) atoms. The van der Waals surface area contributed by atoms with Gasteiger partial charge in [0.15, 0.2) is 0 Å². The van der Waals surface area contributed by atoms with Crippen LogP contribution in [0.5, 0.6) is 0 Å². The number of nitrogens with zero attached hydrogens (tertiary/aromatic N) is 2. The predicted octanol–water partition coefficient (Wildman–Crippen LogP) is 5.27. The minimum Gasteiger partial charge on any atom is -0.507 e. The molecule has 7 nitrogen and oxygen atoms in total. The van der Waals surface area contributed by atoms with Gasteiger partial charge in [0.1, 0.15) is 5.76 Å². The van der Waals surface area contributed by atoms with Crippen molar-refractivity contribution in [3.05, 3.63) is 94.8 Å². The number of aliphatic hydroxyl groups excluding tert-OH is 1. The van der Waals surface area contributed by atoms with Gasteiger partial charge in [-0.1, -0.05) is 39.0 Å². The lowest BCUT2D eigenvalue weighted by Gasteiger charge is -2.26. The Hall–Kier alpha value is -4.26. The molecule has 0 bridgehead atoms. The molecule has 1 aromatic heterocycles. The Kier molecular flexibility index (Phi) is 6.50. The van der Waals surface area contributed by atoms with Gasteiger partial charge in [-0.05, 0) is 65.4 Å². The fourth-order valence-corrected chi connectivity index (χ4v) is 4.35. The van der Waals surface area contributed by atoms with Crippen LogP contribution >= 0.6 is 0 Å². The first-order valence-electron chi connectivity index (χ1n) is 11.7. The summed E-state index contributed by atoms with van der Waals surface area (Å²) in [5.74, 6) is -1.95. The van der Waals surface area contributed by atoms with Gasteiger partial charge in [-0.2, -0.15) is 0 Å². The first-order valence-corrected chi connectivity index (χ1v) is 11.7. The van der Waals surface area contributed by atoms with Crippen LogP contribution in [0.4, 0.5) is 11.4 Å². The number of aryl methyl sites for hydroxylation is 1. The van der Waals surface area contributed by atoms with Crippen LogP contribution in [0.25, 0.3) is 5.76 Å². The summed E-state index contributed by atoms with van der Waals surface area (Å²) in [5, 5.41) is 14.2. The molecule has 3 aromatic rings. The lowest BCUT2D eigenvalue weighted by molar-refractivity contribution is -0.132. The maximum Gasteiger partial charge on any atom is 0.300 e. The molecule has 1 aliphatic rings. The topological polar surface area (TPSA) is 99.6 Å². The van der Waals surface area contributed by atoms with E-state index < -0.39 is 17.7 Å². The van der Waals surface area contributed by atoms with E-state index in [-0.39, 0.29) is 22.7 Å². The number of hydrogen-bond donors (Lipinski definition) is 2. The van der Waals surface area contributed by atoms with Gasteiger partial charge in [-0.25, -0.2) is 0 Å². The van der Waals surface area contributed by atoms with Crippen molar-refractivity contribution in [2.75, 3.05) is 10.2 Å². The molecule has 0 radical (unpaired) electrons. The third kappa shape index (κ3) is 4.64. The second kappa shape index (κ2) is 9.41. The molecule has 0 aliphatic carbocycles. The summed E-state index contributed by atoms with van der Waals surface area (Å²) in [6.45, 7) is 9.48. The average molecular weight is 484 g/mol. The minimum absolute atomic E-state index is 0.00750. The van der Waals surface area contributed by atoms with Crippen LogP contribution in [0.3, 0.4) is 0 Å². The van der Waals surface area contributed by atoms with Gasteiger partial charge in [0, 0.05) is 36.3 Å². The van der Waals surface area contributed by atoms with Crippen LogP contribution in [0.15, 0.2) is 72.6 Å². The summed E-state index contributed by atoms with van der Waals surface area (Å²) in [6, 6.07) is 15.0. The normalized spacial score (nSPS) is 17.4. The highest BCUT2D eigenvalue weighted by atomic mass is 16.3. The molecule has 1 atom stereocenters. The first kappa shape index (κ1) is 24.9. The number of hydrogen-bond acceptors (Lipinski definition) is 5. The predicted molar refractivity (Wildman–Crippen MR) is 140 cm³/mol. The van der Waals surface area contributed by atoms with E-state index in [0.29, 0.717) is 22.5 Å². The van der Waals surface area contributed by atoms with Crippen LogP contribution in [0.1, 0.15) is 56.0 Å². The van der Waals surface area contributed by atoms with Gasteiger partial charge >= 0.3 is 0 Å². The highest BCUT2D eigenvalue weighted by Crippen LogP contribution is 2.42. The van der Waals surface area contributed by atoms with Crippen molar-refractivity contribution in [3.63, 3.8) is 0 Å². The van der Waals surface area contributed by atoms with Crippen LogP contribution in [0, 0.1) is 6.92 Å². The second-order valence-corrected chi connectivity index (χ2v) is 9.96. The number of aromatic nitrogens is 1. The number of rotatable bonds is 4.